The molecule has 0 saturated carbocycles. The van der Waals surface area contributed by atoms with Crippen molar-refractivity contribution in [3.8, 4) is 0 Å². The molecule has 1 heterocycles. The molecule has 1 atom stereocenters. The number of rotatable bonds is 4. The summed E-state index contributed by atoms with van der Waals surface area (Å²) in [6.07, 6.45) is 1.03. The molecule has 1 unspecified atom stereocenters. The summed E-state index contributed by atoms with van der Waals surface area (Å²) in [5.41, 5.74) is 4.39. The predicted octanol–water partition coefficient (Wildman–Crippen LogP) is -0.116. The van der Waals surface area contributed by atoms with Crippen LogP contribution in [0, 0.1) is 0 Å². The SMILES string of the molecule is CCc1noc(CC(C)(O)CN)n1. The van der Waals surface area contributed by atoms with Crippen LogP contribution in [-0.2, 0) is 12.8 Å². The zero-order chi connectivity index (χ0) is 9.90. The van der Waals surface area contributed by atoms with Crippen LogP contribution in [0.15, 0.2) is 4.52 Å². The number of aryl methyl sites for hydroxylation is 1. The van der Waals surface area contributed by atoms with Gasteiger partial charge in [-0.1, -0.05) is 12.1 Å². The number of hydrogen-bond acceptors (Lipinski definition) is 5. The number of aromatic nitrogens is 2. The van der Waals surface area contributed by atoms with Crippen molar-refractivity contribution in [2.45, 2.75) is 32.3 Å². The van der Waals surface area contributed by atoms with Gasteiger partial charge < -0.3 is 15.4 Å². The second-order valence-electron chi connectivity index (χ2n) is 3.34. The molecule has 0 spiro atoms. The van der Waals surface area contributed by atoms with E-state index in [2.05, 4.69) is 10.1 Å². The topological polar surface area (TPSA) is 85.2 Å². The summed E-state index contributed by atoms with van der Waals surface area (Å²) in [5, 5.41) is 13.3. The predicted molar refractivity (Wildman–Crippen MR) is 47.1 cm³/mol. The molecule has 1 rings (SSSR count). The first-order valence-corrected chi connectivity index (χ1v) is 4.31. The third-order valence-corrected chi connectivity index (χ3v) is 1.80. The first-order chi connectivity index (χ1) is 6.07. The average molecular weight is 185 g/mol. The summed E-state index contributed by atoms with van der Waals surface area (Å²) in [6.45, 7) is 3.76. The zero-order valence-corrected chi connectivity index (χ0v) is 7.95. The molecule has 0 aliphatic rings. The fourth-order valence-electron chi connectivity index (χ4n) is 0.904. The summed E-state index contributed by atoms with van der Waals surface area (Å²) < 4.78 is 4.92. The van der Waals surface area contributed by atoms with Crippen LogP contribution in [0.1, 0.15) is 25.6 Å². The summed E-state index contributed by atoms with van der Waals surface area (Å²) in [6, 6.07) is 0. The molecule has 0 bridgehead atoms. The van der Waals surface area contributed by atoms with Crippen molar-refractivity contribution in [3.05, 3.63) is 11.7 Å². The Hall–Kier alpha value is -0.940. The van der Waals surface area contributed by atoms with Gasteiger partial charge in [-0.15, -0.1) is 0 Å². The molecule has 13 heavy (non-hydrogen) atoms. The van der Waals surface area contributed by atoms with Gasteiger partial charge in [0.25, 0.3) is 0 Å². The van der Waals surface area contributed by atoms with Crippen LogP contribution in [0.4, 0.5) is 0 Å². The Balaban J connectivity index is 2.63. The highest BCUT2D eigenvalue weighted by atomic mass is 16.5. The highest BCUT2D eigenvalue weighted by Crippen LogP contribution is 2.09. The van der Waals surface area contributed by atoms with Gasteiger partial charge in [0.1, 0.15) is 0 Å². The van der Waals surface area contributed by atoms with E-state index in [1.807, 2.05) is 6.92 Å². The maximum absolute atomic E-state index is 9.61. The molecule has 5 heteroatoms. The molecule has 1 aromatic heterocycles. The Kier molecular flexibility index (Phi) is 3.00. The minimum absolute atomic E-state index is 0.177. The highest BCUT2D eigenvalue weighted by Gasteiger charge is 2.22. The molecular weight excluding hydrogens is 170 g/mol. The summed E-state index contributed by atoms with van der Waals surface area (Å²) in [4.78, 5) is 4.07. The van der Waals surface area contributed by atoms with E-state index < -0.39 is 5.60 Å². The van der Waals surface area contributed by atoms with Gasteiger partial charge in [-0.05, 0) is 6.92 Å². The van der Waals surface area contributed by atoms with E-state index in [1.165, 1.54) is 0 Å². The van der Waals surface area contributed by atoms with Gasteiger partial charge in [0, 0.05) is 13.0 Å². The monoisotopic (exact) mass is 185 g/mol. The number of nitrogens with two attached hydrogens (primary N) is 1. The molecule has 0 aromatic carbocycles. The molecule has 0 saturated heterocycles. The Labute approximate surface area is 76.9 Å². The van der Waals surface area contributed by atoms with Gasteiger partial charge >= 0.3 is 0 Å². The van der Waals surface area contributed by atoms with E-state index in [9.17, 15) is 5.11 Å². The van der Waals surface area contributed by atoms with Crippen molar-refractivity contribution < 1.29 is 9.63 Å². The molecule has 74 valence electrons. The van der Waals surface area contributed by atoms with Crippen LogP contribution in [0.25, 0.3) is 0 Å². The summed E-state index contributed by atoms with van der Waals surface area (Å²) in [7, 11) is 0. The number of hydrogen-bond donors (Lipinski definition) is 2. The van der Waals surface area contributed by atoms with Crippen molar-refractivity contribution >= 4 is 0 Å². The Morgan fingerprint density at radius 3 is 2.77 bits per heavy atom. The lowest BCUT2D eigenvalue weighted by atomic mass is 10.0. The maximum Gasteiger partial charge on any atom is 0.229 e. The number of nitrogens with zero attached hydrogens (tertiary/aromatic N) is 2. The minimum Gasteiger partial charge on any atom is -0.388 e. The average Bonchev–Trinajstić information content (AvgIpc) is 2.52. The van der Waals surface area contributed by atoms with Crippen LogP contribution in [0.2, 0.25) is 0 Å². The molecule has 0 fully saturated rings. The van der Waals surface area contributed by atoms with Crippen molar-refractivity contribution in [1.82, 2.24) is 10.1 Å². The van der Waals surface area contributed by atoms with Crippen molar-refractivity contribution in [2.75, 3.05) is 6.54 Å². The Morgan fingerprint density at radius 1 is 1.62 bits per heavy atom. The second-order valence-corrected chi connectivity index (χ2v) is 3.34. The van der Waals surface area contributed by atoms with Gasteiger partial charge in [0.2, 0.25) is 5.89 Å². The third-order valence-electron chi connectivity index (χ3n) is 1.80. The van der Waals surface area contributed by atoms with E-state index in [0.717, 1.165) is 6.42 Å². The third kappa shape index (κ3) is 2.78. The lowest BCUT2D eigenvalue weighted by molar-refractivity contribution is 0.0610. The first kappa shape index (κ1) is 10.1. The smallest absolute Gasteiger partial charge is 0.229 e. The summed E-state index contributed by atoms with van der Waals surface area (Å²) >= 11 is 0. The Bertz CT molecular complexity index is 270. The van der Waals surface area contributed by atoms with Crippen LogP contribution in [0.3, 0.4) is 0 Å². The fraction of sp³-hybridized carbons (Fsp3) is 0.750. The molecule has 0 aliphatic heterocycles. The standard InChI is InChI=1S/C8H15N3O2/c1-3-6-10-7(13-11-6)4-8(2,12)5-9/h12H,3-5,9H2,1-2H3. The fourth-order valence-corrected chi connectivity index (χ4v) is 0.904. The second kappa shape index (κ2) is 3.85. The lowest BCUT2D eigenvalue weighted by Gasteiger charge is -2.17. The van der Waals surface area contributed by atoms with E-state index in [0.29, 0.717) is 18.1 Å². The van der Waals surface area contributed by atoms with E-state index in [1.54, 1.807) is 6.92 Å². The minimum atomic E-state index is -0.961. The highest BCUT2D eigenvalue weighted by molar-refractivity contribution is 4.91. The summed E-state index contributed by atoms with van der Waals surface area (Å²) in [5.74, 6) is 1.09. The van der Waals surface area contributed by atoms with Gasteiger partial charge in [0.05, 0.1) is 12.0 Å². The van der Waals surface area contributed by atoms with Gasteiger partial charge in [-0.3, -0.25) is 0 Å². The lowest BCUT2D eigenvalue weighted by Crippen LogP contribution is -2.36. The van der Waals surface area contributed by atoms with Gasteiger partial charge in [-0.2, -0.15) is 4.98 Å². The molecule has 0 radical (unpaired) electrons. The Morgan fingerprint density at radius 2 is 2.31 bits per heavy atom. The quantitative estimate of drug-likeness (QED) is 0.683. The van der Waals surface area contributed by atoms with Crippen LogP contribution >= 0.6 is 0 Å². The molecule has 0 amide bonds. The van der Waals surface area contributed by atoms with Crippen LogP contribution < -0.4 is 5.73 Å². The number of aliphatic hydroxyl groups is 1. The first-order valence-electron chi connectivity index (χ1n) is 4.31. The van der Waals surface area contributed by atoms with Crippen molar-refractivity contribution in [2.24, 2.45) is 5.73 Å². The maximum atomic E-state index is 9.61. The molecular formula is C8H15N3O2. The zero-order valence-electron chi connectivity index (χ0n) is 7.95. The van der Waals surface area contributed by atoms with Gasteiger partial charge in [0.15, 0.2) is 5.82 Å². The van der Waals surface area contributed by atoms with Crippen LogP contribution in [-0.4, -0.2) is 27.4 Å². The van der Waals surface area contributed by atoms with Crippen molar-refractivity contribution in [3.63, 3.8) is 0 Å². The van der Waals surface area contributed by atoms with Gasteiger partial charge in [-0.25, -0.2) is 0 Å². The normalized spacial score (nSPS) is 15.7. The molecule has 3 N–H and O–H groups in total. The molecule has 5 nitrogen and oxygen atoms in total. The molecule has 0 aliphatic carbocycles. The van der Waals surface area contributed by atoms with E-state index in [-0.39, 0.29) is 6.54 Å². The van der Waals surface area contributed by atoms with Crippen LogP contribution in [0.5, 0.6) is 0 Å². The largest absolute Gasteiger partial charge is 0.388 e. The van der Waals surface area contributed by atoms with Crippen molar-refractivity contribution in [1.29, 1.82) is 0 Å². The van der Waals surface area contributed by atoms with E-state index >= 15 is 0 Å². The molecule has 1 aromatic rings. The van der Waals surface area contributed by atoms with E-state index in [4.69, 9.17) is 10.3 Å².